The van der Waals surface area contributed by atoms with Crippen molar-refractivity contribution in [3.05, 3.63) is 81.3 Å². The molecule has 174 valence electrons. The molecule has 0 atom stereocenters. The summed E-state index contributed by atoms with van der Waals surface area (Å²) in [4.78, 5) is 12.3. The Labute approximate surface area is 201 Å². The Morgan fingerprint density at radius 1 is 1.18 bits per heavy atom. The summed E-state index contributed by atoms with van der Waals surface area (Å²) in [5.41, 5.74) is 5.46. The second kappa shape index (κ2) is 9.94. The maximum atomic E-state index is 13.5. The van der Waals surface area contributed by atoms with Crippen molar-refractivity contribution in [1.82, 2.24) is 9.99 Å². The van der Waals surface area contributed by atoms with Crippen LogP contribution in [0.5, 0.6) is 0 Å². The van der Waals surface area contributed by atoms with Gasteiger partial charge >= 0.3 is 0 Å². The topological polar surface area (TPSA) is 83.8 Å². The molecular formula is C22H21Cl2FN4O3S. The number of benzene rings is 2. The Morgan fingerprint density at radius 2 is 1.88 bits per heavy atom. The highest BCUT2D eigenvalue weighted by Crippen LogP contribution is 2.31. The number of amides is 1. The van der Waals surface area contributed by atoms with E-state index in [0.29, 0.717) is 21.3 Å². The molecule has 0 saturated carbocycles. The average Bonchev–Trinajstić information content (AvgIpc) is 3.01. The zero-order valence-electron chi connectivity index (χ0n) is 18.0. The number of hydrogen-bond donors (Lipinski definition) is 1. The maximum Gasteiger partial charge on any atom is 0.260 e. The SMILES string of the molecule is Cc1cc(/C=N\NC(=O)CN(c2cccc(F)c2)S(C)(=O)=O)c(C)n1-c1cccc(Cl)c1Cl. The van der Waals surface area contributed by atoms with Gasteiger partial charge in [0.25, 0.3) is 5.91 Å². The van der Waals surface area contributed by atoms with Gasteiger partial charge in [0.15, 0.2) is 0 Å². The summed E-state index contributed by atoms with van der Waals surface area (Å²) in [6.45, 7) is 3.20. The van der Waals surface area contributed by atoms with Crippen molar-refractivity contribution < 1.29 is 17.6 Å². The lowest BCUT2D eigenvalue weighted by atomic mass is 10.2. The van der Waals surface area contributed by atoms with Crippen LogP contribution in [-0.4, -0.2) is 37.9 Å². The molecule has 0 aliphatic heterocycles. The predicted octanol–water partition coefficient (Wildman–Crippen LogP) is 4.46. The van der Waals surface area contributed by atoms with E-state index < -0.39 is 28.3 Å². The minimum absolute atomic E-state index is 0.0403. The third-order valence-electron chi connectivity index (χ3n) is 4.82. The highest BCUT2D eigenvalue weighted by Gasteiger charge is 2.21. The summed E-state index contributed by atoms with van der Waals surface area (Å²) in [6.07, 6.45) is 2.38. The first-order valence-corrected chi connectivity index (χ1v) is 12.3. The fraction of sp³-hybridized carbons (Fsp3) is 0.182. The first-order chi connectivity index (χ1) is 15.5. The van der Waals surface area contributed by atoms with Gasteiger partial charge in [-0.1, -0.05) is 35.3 Å². The van der Waals surface area contributed by atoms with Crippen LogP contribution in [0.4, 0.5) is 10.1 Å². The monoisotopic (exact) mass is 510 g/mol. The molecule has 3 rings (SSSR count). The minimum atomic E-state index is -3.83. The van der Waals surface area contributed by atoms with Gasteiger partial charge in [-0.25, -0.2) is 18.2 Å². The number of halogens is 3. The zero-order valence-corrected chi connectivity index (χ0v) is 20.3. The quantitative estimate of drug-likeness (QED) is 0.376. The van der Waals surface area contributed by atoms with Gasteiger partial charge in [-0.05, 0) is 50.2 Å². The molecule has 1 heterocycles. The number of sulfonamides is 1. The van der Waals surface area contributed by atoms with Gasteiger partial charge in [-0.2, -0.15) is 5.10 Å². The number of nitrogens with one attached hydrogen (secondary N) is 1. The molecule has 0 aliphatic carbocycles. The largest absolute Gasteiger partial charge is 0.316 e. The van der Waals surface area contributed by atoms with Gasteiger partial charge in [0, 0.05) is 17.0 Å². The Morgan fingerprint density at radius 3 is 2.55 bits per heavy atom. The van der Waals surface area contributed by atoms with E-state index in [-0.39, 0.29) is 5.69 Å². The lowest BCUT2D eigenvalue weighted by molar-refractivity contribution is -0.119. The van der Waals surface area contributed by atoms with E-state index in [1.54, 1.807) is 12.1 Å². The number of aromatic nitrogens is 1. The zero-order chi connectivity index (χ0) is 24.3. The molecular weight excluding hydrogens is 490 g/mol. The molecule has 11 heteroatoms. The summed E-state index contributed by atoms with van der Waals surface area (Å²) >= 11 is 12.5. The number of nitrogens with zero attached hydrogens (tertiary/aromatic N) is 3. The van der Waals surface area contributed by atoms with Gasteiger partial charge < -0.3 is 4.57 Å². The molecule has 1 N–H and O–H groups in total. The molecule has 7 nitrogen and oxygen atoms in total. The van der Waals surface area contributed by atoms with Crippen molar-refractivity contribution >= 4 is 51.0 Å². The number of carbonyl (C=O) groups is 1. The molecule has 0 bridgehead atoms. The summed E-state index contributed by atoms with van der Waals surface area (Å²) in [5.74, 6) is -1.30. The molecule has 0 spiro atoms. The van der Waals surface area contributed by atoms with Crippen LogP contribution >= 0.6 is 23.2 Å². The van der Waals surface area contributed by atoms with Crippen LogP contribution in [0.25, 0.3) is 5.69 Å². The number of carbonyl (C=O) groups excluding carboxylic acids is 1. The van der Waals surface area contributed by atoms with E-state index in [4.69, 9.17) is 23.2 Å². The van der Waals surface area contributed by atoms with Gasteiger partial charge in [0.05, 0.1) is 33.9 Å². The molecule has 0 radical (unpaired) electrons. The first-order valence-electron chi connectivity index (χ1n) is 9.67. The van der Waals surface area contributed by atoms with E-state index in [2.05, 4.69) is 10.5 Å². The average molecular weight is 511 g/mol. The summed E-state index contributed by atoms with van der Waals surface area (Å²) < 4.78 is 40.4. The van der Waals surface area contributed by atoms with E-state index in [1.807, 2.05) is 30.5 Å². The molecule has 33 heavy (non-hydrogen) atoms. The highest BCUT2D eigenvalue weighted by molar-refractivity contribution is 7.92. The van der Waals surface area contributed by atoms with Crippen LogP contribution < -0.4 is 9.73 Å². The van der Waals surface area contributed by atoms with Crippen molar-refractivity contribution in [3.8, 4) is 5.69 Å². The van der Waals surface area contributed by atoms with Crippen LogP contribution in [-0.2, 0) is 14.8 Å². The number of aryl methyl sites for hydroxylation is 1. The number of hydrogen-bond acceptors (Lipinski definition) is 4. The van der Waals surface area contributed by atoms with Crippen LogP contribution in [0.2, 0.25) is 10.0 Å². The van der Waals surface area contributed by atoms with Gasteiger partial charge in [-0.3, -0.25) is 9.10 Å². The maximum absolute atomic E-state index is 13.5. The van der Waals surface area contributed by atoms with E-state index >= 15 is 0 Å². The molecule has 0 fully saturated rings. The molecule has 3 aromatic rings. The minimum Gasteiger partial charge on any atom is -0.316 e. The summed E-state index contributed by atoms with van der Waals surface area (Å²) in [7, 11) is -3.83. The normalized spacial score (nSPS) is 11.7. The Balaban J connectivity index is 1.77. The van der Waals surface area contributed by atoms with Crippen molar-refractivity contribution in [3.63, 3.8) is 0 Å². The number of rotatable bonds is 7. The Bertz CT molecular complexity index is 1340. The van der Waals surface area contributed by atoms with Gasteiger partial charge in [-0.15, -0.1) is 0 Å². The second-order valence-corrected chi connectivity index (χ2v) is 9.97. The molecule has 0 unspecified atom stereocenters. The lowest BCUT2D eigenvalue weighted by Crippen LogP contribution is -2.39. The lowest BCUT2D eigenvalue weighted by Gasteiger charge is -2.21. The third-order valence-corrected chi connectivity index (χ3v) is 6.77. The van der Waals surface area contributed by atoms with Crippen molar-refractivity contribution in [2.75, 3.05) is 17.1 Å². The van der Waals surface area contributed by atoms with E-state index in [0.717, 1.165) is 28.0 Å². The molecule has 0 aliphatic rings. The van der Waals surface area contributed by atoms with Crippen LogP contribution in [0.3, 0.4) is 0 Å². The molecule has 1 amide bonds. The van der Waals surface area contributed by atoms with E-state index in [9.17, 15) is 17.6 Å². The van der Waals surface area contributed by atoms with Crippen LogP contribution in [0.15, 0.2) is 53.6 Å². The van der Waals surface area contributed by atoms with Crippen molar-refractivity contribution in [2.24, 2.45) is 5.10 Å². The molecule has 0 saturated heterocycles. The third kappa shape index (κ3) is 5.73. The Hall–Kier alpha value is -2.88. The van der Waals surface area contributed by atoms with Crippen molar-refractivity contribution in [1.29, 1.82) is 0 Å². The van der Waals surface area contributed by atoms with E-state index in [1.165, 1.54) is 24.4 Å². The van der Waals surface area contributed by atoms with Crippen LogP contribution in [0.1, 0.15) is 17.0 Å². The standard InChI is InChI=1S/C22H21Cl2FN4O3S/c1-14-10-16(15(2)29(14)20-9-5-8-19(23)22(20)24)12-26-27-21(30)13-28(33(3,31)32)18-7-4-6-17(25)11-18/h4-12H,13H2,1-3H3,(H,27,30)/b26-12-. The fourth-order valence-electron chi connectivity index (χ4n) is 3.33. The fourth-order valence-corrected chi connectivity index (χ4v) is 4.55. The van der Waals surface area contributed by atoms with Crippen molar-refractivity contribution in [2.45, 2.75) is 13.8 Å². The molecule has 2 aromatic carbocycles. The number of anilines is 1. The smallest absolute Gasteiger partial charge is 0.260 e. The summed E-state index contributed by atoms with van der Waals surface area (Å²) in [5, 5.41) is 4.79. The van der Waals surface area contributed by atoms with Crippen LogP contribution in [0, 0.1) is 19.7 Å². The van der Waals surface area contributed by atoms with Gasteiger partial charge in [0.1, 0.15) is 12.4 Å². The highest BCUT2D eigenvalue weighted by atomic mass is 35.5. The second-order valence-electron chi connectivity index (χ2n) is 7.28. The Kier molecular flexibility index (Phi) is 7.46. The predicted molar refractivity (Wildman–Crippen MR) is 130 cm³/mol. The first kappa shape index (κ1) is 24.8. The summed E-state index contributed by atoms with van der Waals surface area (Å²) in [6, 6.07) is 12.2. The number of hydrazone groups is 1. The molecule has 1 aromatic heterocycles. The van der Waals surface area contributed by atoms with Gasteiger partial charge in [0.2, 0.25) is 10.0 Å².